The van der Waals surface area contributed by atoms with Gasteiger partial charge in [0.15, 0.2) is 0 Å². The van der Waals surface area contributed by atoms with Crippen LogP contribution in [0.25, 0.3) is 0 Å². The summed E-state index contributed by atoms with van der Waals surface area (Å²) < 4.78 is 8.26. The summed E-state index contributed by atoms with van der Waals surface area (Å²) in [7, 11) is 0. The Bertz CT molecular complexity index is 880. The average molecular weight is 485 g/mol. The molecule has 1 aliphatic heterocycles. The topological polar surface area (TPSA) is 24.8 Å². The average Bonchev–Trinajstić information content (AvgIpc) is 2.83. The maximum absolute atomic E-state index is 6.29. The van der Waals surface area contributed by atoms with E-state index in [9.17, 15) is 0 Å². The van der Waals surface area contributed by atoms with Crippen molar-refractivity contribution in [3.05, 3.63) is 89.9 Å². The third kappa shape index (κ3) is 10.6. The first-order chi connectivity index (χ1) is 16.0. The first-order valence-electron chi connectivity index (χ1n) is 11.7. The van der Waals surface area contributed by atoms with Crippen molar-refractivity contribution in [1.82, 2.24) is 4.31 Å². The maximum atomic E-state index is 6.29. The number of halogens is 1. The molecule has 1 saturated heterocycles. The number of nitrogens with zero attached hydrogens (tertiary/aromatic N) is 2. The molecule has 0 bridgehead atoms. The Morgan fingerprint density at radius 3 is 2.76 bits per heavy atom. The lowest BCUT2D eigenvalue weighted by Crippen LogP contribution is -2.28. The second-order valence-electron chi connectivity index (χ2n) is 8.05. The van der Waals surface area contributed by atoms with E-state index in [0.29, 0.717) is 12.4 Å². The largest absolute Gasteiger partial charge is 0.489 e. The summed E-state index contributed by atoms with van der Waals surface area (Å²) in [6.45, 7) is 14.8. The lowest BCUT2D eigenvalue weighted by Gasteiger charge is -2.30. The van der Waals surface area contributed by atoms with Gasteiger partial charge in [-0.1, -0.05) is 63.3 Å². The Morgan fingerprint density at radius 1 is 1.27 bits per heavy atom. The Labute approximate surface area is 209 Å². The molecule has 1 aromatic carbocycles. The molecule has 178 valence electrons. The van der Waals surface area contributed by atoms with Crippen molar-refractivity contribution in [1.29, 1.82) is 0 Å². The summed E-state index contributed by atoms with van der Waals surface area (Å²) in [5.41, 5.74) is 2.04. The van der Waals surface area contributed by atoms with Gasteiger partial charge in [-0.15, -0.1) is 0 Å². The lowest BCUT2D eigenvalue weighted by molar-refractivity contribution is 0.258. The van der Waals surface area contributed by atoms with Crippen LogP contribution < -0.4 is 0 Å². The normalized spacial score (nSPS) is 16.3. The fourth-order valence-electron chi connectivity index (χ4n) is 3.41. The highest BCUT2D eigenvalue weighted by atomic mass is 35.5. The number of piperidine rings is 1. The van der Waals surface area contributed by atoms with E-state index in [1.165, 1.54) is 29.7 Å². The molecular formula is C28H37ClN2OS. The Morgan fingerprint density at radius 2 is 2.06 bits per heavy atom. The summed E-state index contributed by atoms with van der Waals surface area (Å²) >= 11 is 8.15. The number of benzene rings is 1. The summed E-state index contributed by atoms with van der Waals surface area (Å²) in [6, 6.07) is 6.19. The molecule has 5 heteroatoms. The van der Waals surface area contributed by atoms with Crippen molar-refractivity contribution >= 4 is 29.8 Å². The Balaban J connectivity index is 1.91. The molecule has 0 spiro atoms. The minimum absolute atomic E-state index is 0.374. The summed E-state index contributed by atoms with van der Waals surface area (Å²) in [5.74, 6) is 1.58. The molecule has 0 saturated carbocycles. The molecule has 1 heterocycles. The van der Waals surface area contributed by atoms with Crippen LogP contribution in [0.3, 0.4) is 0 Å². The van der Waals surface area contributed by atoms with Crippen LogP contribution in [0.5, 0.6) is 0 Å². The zero-order valence-corrected chi connectivity index (χ0v) is 21.6. The number of aliphatic imine (C=N–C) groups is 1. The van der Waals surface area contributed by atoms with E-state index in [0.717, 1.165) is 42.4 Å². The van der Waals surface area contributed by atoms with Gasteiger partial charge >= 0.3 is 0 Å². The Hall–Kier alpha value is -2.01. The summed E-state index contributed by atoms with van der Waals surface area (Å²) in [6.07, 6.45) is 18.8. The number of hydrogen-bond acceptors (Lipinski definition) is 4. The number of ether oxygens (including phenoxy) is 1. The van der Waals surface area contributed by atoms with Crippen molar-refractivity contribution in [3.63, 3.8) is 0 Å². The van der Waals surface area contributed by atoms with Gasteiger partial charge in [0.2, 0.25) is 0 Å². The van der Waals surface area contributed by atoms with Crippen molar-refractivity contribution in [2.75, 3.05) is 19.7 Å². The van der Waals surface area contributed by atoms with E-state index in [-0.39, 0.29) is 0 Å². The van der Waals surface area contributed by atoms with Crippen LogP contribution >= 0.6 is 23.5 Å². The SMILES string of the molecule is C=C/C(=C\C=C/Cc1cc(Cl)ccc1SN1CCC(CC)CC1)OCC(=C)C=N/C=C\CC. The van der Waals surface area contributed by atoms with Gasteiger partial charge < -0.3 is 4.74 Å². The molecule has 1 fully saturated rings. The molecule has 33 heavy (non-hydrogen) atoms. The van der Waals surface area contributed by atoms with Crippen LogP contribution in [0.1, 0.15) is 45.1 Å². The highest BCUT2D eigenvalue weighted by molar-refractivity contribution is 7.97. The molecule has 2 rings (SSSR count). The highest BCUT2D eigenvalue weighted by Gasteiger charge is 2.19. The molecule has 1 aliphatic rings. The third-order valence-corrected chi connectivity index (χ3v) is 6.90. The van der Waals surface area contributed by atoms with Crippen LogP contribution in [0, 0.1) is 5.92 Å². The van der Waals surface area contributed by atoms with Crippen LogP contribution in [0.4, 0.5) is 0 Å². The van der Waals surface area contributed by atoms with Gasteiger partial charge in [0.1, 0.15) is 12.4 Å². The van der Waals surface area contributed by atoms with Crippen molar-refractivity contribution in [3.8, 4) is 0 Å². The summed E-state index contributed by atoms with van der Waals surface area (Å²) in [5, 5.41) is 0.770. The van der Waals surface area contributed by atoms with E-state index >= 15 is 0 Å². The first-order valence-corrected chi connectivity index (χ1v) is 12.9. The number of hydrogen-bond donors (Lipinski definition) is 0. The van der Waals surface area contributed by atoms with Gasteiger partial charge in [-0.05, 0) is 79.5 Å². The summed E-state index contributed by atoms with van der Waals surface area (Å²) in [4.78, 5) is 5.45. The monoisotopic (exact) mass is 484 g/mol. The minimum Gasteiger partial charge on any atom is -0.489 e. The number of rotatable bonds is 13. The zero-order chi connectivity index (χ0) is 23.9. The van der Waals surface area contributed by atoms with Crippen molar-refractivity contribution in [2.24, 2.45) is 10.9 Å². The second-order valence-corrected chi connectivity index (χ2v) is 9.62. The standard InChI is InChI=1S/C28H37ClN2OS/c1-5-8-17-30-21-23(4)22-32-27(7-3)12-10-9-11-25-20-26(29)13-14-28(25)33-31-18-15-24(6-2)16-19-31/h7-10,12-14,17,20-21,24H,3-6,11,15-16,18-19,22H2,1-2H3/b10-9-,17-8-,27-12+,30-21?. The second kappa shape index (κ2) is 15.8. The molecule has 0 unspecified atom stereocenters. The van der Waals surface area contributed by atoms with Crippen molar-refractivity contribution < 1.29 is 4.74 Å². The van der Waals surface area contributed by atoms with Crippen LogP contribution in [-0.2, 0) is 11.2 Å². The van der Waals surface area contributed by atoms with Gasteiger partial charge in [0.05, 0.1) is 0 Å². The van der Waals surface area contributed by atoms with Gasteiger partial charge in [0, 0.05) is 41.0 Å². The highest BCUT2D eigenvalue weighted by Crippen LogP contribution is 2.33. The minimum atomic E-state index is 0.374. The molecule has 3 nitrogen and oxygen atoms in total. The molecular weight excluding hydrogens is 448 g/mol. The third-order valence-electron chi connectivity index (χ3n) is 5.44. The van der Waals surface area contributed by atoms with Gasteiger partial charge in [-0.2, -0.15) is 0 Å². The first kappa shape index (κ1) is 27.2. The van der Waals surface area contributed by atoms with E-state index in [4.69, 9.17) is 16.3 Å². The van der Waals surface area contributed by atoms with E-state index in [1.807, 2.05) is 36.2 Å². The van der Waals surface area contributed by atoms with E-state index in [1.54, 1.807) is 18.5 Å². The van der Waals surface area contributed by atoms with Gasteiger partial charge in [-0.3, -0.25) is 4.99 Å². The van der Waals surface area contributed by atoms with E-state index < -0.39 is 0 Å². The fraction of sp³-hybridized carbons (Fsp3) is 0.393. The quantitative estimate of drug-likeness (QED) is 0.122. The molecule has 0 aromatic heterocycles. The van der Waals surface area contributed by atoms with Crippen LogP contribution in [0.15, 0.2) is 89.2 Å². The van der Waals surface area contributed by atoms with Crippen molar-refractivity contribution in [2.45, 2.75) is 50.8 Å². The molecule has 0 N–H and O–H groups in total. The molecule has 0 amide bonds. The fourth-order valence-corrected chi connectivity index (χ4v) is 4.66. The maximum Gasteiger partial charge on any atom is 0.119 e. The smallest absolute Gasteiger partial charge is 0.119 e. The molecule has 0 aliphatic carbocycles. The van der Waals surface area contributed by atoms with Gasteiger partial charge in [0.25, 0.3) is 0 Å². The van der Waals surface area contributed by atoms with Gasteiger partial charge in [-0.25, -0.2) is 4.31 Å². The zero-order valence-electron chi connectivity index (χ0n) is 20.0. The number of allylic oxidation sites excluding steroid dienone is 5. The Kier molecular flexibility index (Phi) is 13.0. The molecule has 1 aromatic rings. The predicted molar refractivity (Wildman–Crippen MR) is 146 cm³/mol. The van der Waals surface area contributed by atoms with Crippen LogP contribution in [0.2, 0.25) is 5.02 Å². The molecule has 0 atom stereocenters. The van der Waals surface area contributed by atoms with Crippen LogP contribution in [-0.4, -0.2) is 30.2 Å². The van der Waals surface area contributed by atoms with E-state index in [2.05, 4.69) is 54.5 Å². The predicted octanol–water partition coefficient (Wildman–Crippen LogP) is 8.21. The lowest BCUT2D eigenvalue weighted by atomic mass is 9.96. The molecule has 0 radical (unpaired) electrons.